The van der Waals surface area contributed by atoms with Gasteiger partial charge in [-0.15, -0.1) is 0 Å². The summed E-state index contributed by atoms with van der Waals surface area (Å²) in [5, 5.41) is 11.8. The molecule has 1 saturated carbocycles. The van der Waals surface area contributed by atoms with Crippen LogP contribution in [0.5, 0.6) is 0 Å². The number of hydrogen-bond donors (Lipinski definition) is 2. The average Bonchev–Trinajstić information content (AvgIpc) is 2.36. The summed E-state index contributed by atoms with van der Waals surface area (Å²) < 4.78 is 0. The highest BCUT2D eigenvalue weighted by Gasteiger charge is 2.28. The molecule has 122 valence electrons. The molecule has 5 nitrogen and oxygen atoms in total. The number of aliphatic carboxylic acids is 1. The molecule has 0 atom stereocenters. The zero-order valence-electron chi connectivity index (χ0n) is 13.8. The fraction of sp³-hybridized carbons (Fsp3) is 0.875. The number of carbonyl (C=O) groups is 2. The number of nitrogens with zero attached hydrogens (tertiary/aromatic N) is 1. The van der Waals surface area contributed by atoms with Gasteiger partial charge in [0.15, 0.2) is 0 Å². The van der Waals surface area contributed by atoms with Crippen LogP contribution in [0.4, 0.5) is 4.79 Å². The molecule has 0 radical (unpaired) electrons. The summed E-state index contributed by atoms with van der Waals surface area (Å²) in [5.74, 6) is -0.811. The molecule has 0 aromatic heterocycles. The van der Waals surface area contributed by atoms with Crippen molar-refractivity contribution in [1.82, 2.24) is 10.2 Å². The van der Waals surface area contributed by atoms with E-state index in [1.165, 1.54) is 0 Å². The molecule has 1 aliphatic carbocycles. The molecule has 0 aliphatic heterocycles. The Bertz CT molecular complexity index is 357. The van der Waals surface area contributed by atoms with Crippen molar-refractivity contribution in [2.45, 2.75) is 78.3 Å². The minimum Gasteiger partial charge on any atom is -0.481 e. The summed E-state index contributed by atoms with van der Waals surface area (Å²) in [6, 6.07) is 0.283. The molecular formula is C16H30N2O3. The lowest BCUT2D eigenvalue weighted by Gasteiger charge is -2.36. The fourth-order valence-electron chi connectivity index (χ4n) is 2.80. The van der Waals surface area contributed by atoms with Gasteiger partial charge in [0.05, 0.1) is 0 Å². The van der Waals surface area contributed by atoms with Crippen LogP contribution in [0.1, 0.15) is 66.2 Å². The molecular weight excluding hydrogens is 268 g/mol. The highest BCUT2D eigenvalue weighted by molar-refractivity contribution is 5.75. The first-order valence-electron chi connectivity index (χ1n) is 8.00. The molecule has 0 bridgehead atoms. The quantitative estimate of drug-likeness (QED) is 0.791. The van der Waals surface area contributed by atoms with E-state index in [9.17, 15) is 9.59 Å². The summed E-state index contributed by atoms with van der Waals surface area (Å²) in [6.07, 6.45) is 4.93. The maximum Gasteiger partial charge on any atom is 0.317 e. The first kappa shape index (κ1) is 17.8. The Balaban J connectivity index is 2.44. The lowest BCUT2D eigenvalue weighted by atomic mass is 9.75. The smallest absolute Gasteiger partial charge is 0.317 e. The summed E-state index contributed by atoms with van der Waals surface area (Å²) in [7, 11) is 0. The van der Waals surface area contributed by atoms with Crippen molar-refractivity contribution >= 4 is 12.0 Å². The first-order chi connectivity index (χ1) is 9.71. The van der Waals surface area contributed by atoms with Gasteiger partial charge in [0.25, 0.3) is 0 Å². The zero-order chi connectivity index (χ0) is 16.0. The van der Waals surface area contributed by atoms with Crippen LogP contribution in [0.3, 0.4) is 0 Å². The van der Waals surface area contributed by atoms with E-state index in [2.05, 4.69) is 19.2 Å². The van der Waals surface area contributed by atoms with E-state index in [1.807, 2.05) is 13.8 Å². The normalized spacial score (nSPS) is 18.5. The van der Waals surface area contributed by atoms with Gasteiger partial charge in [0.1, 0.15) is 0 Å². The van der Waals surface area contributed by atoms with E-state index in [0.717, 1.165) is 25.7 Å². The van der Waals surface area contributed by atoms with Crippen molar-refractivity contribution in [2.75, 3.05) is 6.54 Å². The van der Waals surface area contributed by atoms with Crippen molar-refractivity contribution in [3.63, 3.8) is 0 Å². The maximum atomic E-state index is 12.4. The predicted molar refractivity (Wildman–Crippen MR) is 83.3 cm³/mol. The molecule has 0 unspecified atom stereocenters. The lowest BCUT2D eigenvalue weighted by molar-refractivity contribution is -0.137. The van der Waals surface area contributed by atoms with Gasteiger partial charge in [-0.2, -0.15) is 0 Å². The second-order valence-electron chi connectivity index (χ2n) is 7.17. The second kappa shape index (κ2) is 7.66. The summed E-state index contributed by atoms with van der Waals surface area (Å²) in [6.45, 7) is 8.97. The lowest BCUT2D eigenvalue weighted by Crippen LogP contribution is -2.49. The molecule has 1 fully saturated rings. The molecule has 2 N–H and O–H groups in total. The fourth-order valence-corrected chi connectivity index (χ4v) is 2.80. The topological polar surface area (TPSA) is 69.6 Å². The minimum absolute atomic E-state index is 0.0555. The largest absolute Gasteiger partial charge is 0.481 e. The molecule has 0 aromatic rings. The van der Waals surface area contributed by atoms with E-state index in [-0.39, 0.29) is 24.5 Å². The van der Waals surface area contributed by atoms with Crippen molar-refractivity contribution in [3.8, 4) is 0 Å². The number of carbonyl (C=O) groups excluding carboxylic acids is 1. The standard InChI is InChI=1S/C16H30N2O3/c1-12(2)18(11-5-6-14(19)20)15(21)17-13-7-9-16(3,4)10-8-13/h12-13H,5-11H2,1-4H3,(H,17,21)(H,19,20). The molecule has 2 amide bonds. The number of nitrogens with one attached hydrogen (secondary N) is 1. The molecule has 21 heavy (non-hydrogen) atoms. The monoisotopic (exact) mass is 298 g/mol. The van der Waals surface area contributed by atoms with Crippen LogP contribution < -0.4 is 5.32 Å². The number of urea groups is 1. The minimum atomic E-state index is -0.811. The van der Waals surface area contributed by atoms with Gasteiger partial charge in [0.2, 0.25) is 0 Å². The van der Waals surface area contributed by atoms with Gasteiger partial charge < -0.3 is 15.3 Å². The van der Waals surface area contributed by atoms with Crippen molar-refractivity contribution in [3.05, 3.63) is 0 Å². The van der Waals surface area contributed by atoms with Crippen LogP contribution in [-0.2, 0) is 4.79 Å². The van der Waals surface area contributed by atoms with E-state index < -0.39 is 5.97 Å². The molecule has 5 heteroatoms. The van der Waals surface area contributed by atoms with E-state index in [4.69, 9.17) is 5.11 Å². The Morgan fingerprint density at radius 3 is 2.33 bits per heavy atom. The van der Waals surface area contributed by atoms with Crippen LogP contribution in [-0.4, -0.2) is 40.6 Å². The number of carboxylic acids is 1. The van der Waals surface area contributed by atoms with Gasteiger partial charge in [-0.3, -0.25) is 4.79 Å². The van der Waals surface area contributed by atoms with Crippen molar-refractivity contribution in [2.24, 2.45) is 5.41 Å². The van der Waals surface area contributed by atoms with Gasteiger partial charge >= 0.3 is 12.0 Å². The Labute approximate surface area is 128 Å². The predicted octanol–water partition coefficient (Wildman–Crippen LogP) is 3.24. The average molecular weight is 298 g/mol. The molecule has 1 aliphatic rings. The van der Waals surface area contributed by atoms with E-state index in [0.29, 0.717) is 18.4 Å². The Kier molecular flexibility index (Phi) is 6.49. The zero-order valence-corrected chi connectivity index (χ0v) is 13.8. The highest BCUT2D eigenvalue weighted by Crippen LogP contribution is 2.35. The summed E-state index contributed by atoms with van der Waals surface area (Å²) in [4.78, 5) is 24.7. The molecule has 1 rings (SSSR count). The first-order valence-corrected chi connectivity index (χ1v) is 8.00. The number of rotatable bonds is 6. The number of hydrogen-bond acceptors (Lipinski definition) is 2. The third kappa shape index (κ3) is 6.36. The molecule has 0 spiro atoms. The SMILES string of the molecule is CC(C)N(CCCC(=O)O)C(=O)NC1CCC(C)(C)CC1. The van der Waals surface area contributed by atoms with Gasteiger partial charge in [-0.25, -0.2) is 4.79 Å². The third-order valence-corrected chi connectivity index (χ3v) is 4.34. The van der Waals surface area contributed by atoms with Crippen molar-refractivity contribution in [1.29, 1.82) is 0 Å². The third-order valence-electron chi connectivity index (χ3n) is 4.34. The van der Waals surface area contributed by atoms with Gasteiger partial charge in [0, 0.05) is 25.0 Å². The Morgan fingerprint density at radius 1 is 1.29 bits per heavy atom. The van der Waals surface area contributed by atoms with Crippen LogP contribution >= 0.6 is 0 Å². The summed E-state index contributed by atoms with van der Waals surface area (Å²) >= 11 is 0. The second-order valence-corrected chi connectivity index (χ2v) is 7.17. The van der Waals surface area contributed by atoms with Gasteiger partial charge in [-0.1, -0.05) is 13.8 Å². The van der Waals surface area contributed by atoms with Crippen LogP contribution in [0.15, 0.2) is 0 Å². The van der Waals surface area contributed by atoms with Crippen LogP contribution in [0.2, 0.25) is 0 Å². The number of carboxylic acid groups (broad SMARTS) is 1. The Morgan fingerprint density at radius 2 is 1.86 bits per heavy atom. The van der Waals surface area contributed by atoms with Crippen LogP contribution in [0.25, 0.3) is 0 Å². The maximum absolute atomic E-state index is 12.4. The number of amides is 2. The van der Waals surface area contributed by atoms with E-state index >= 15 is 0 Å². The molecule has 0 aromatic carbocycles. The van der Waals surface area contributed by atoms with Crippen LogP contribution in [0, 0.1) is 5.41 Å². The Hall–Kier alpha value is -1.26. The van der Waals surface area contributed by atoms with Crippen molar-refractivity contribution < 1.29 is 14.7 Å². The highest BCUT2D eigenvalue weighted by atomic mass is 16.4. The molecule has 0 saturated heterocycles. The summed E-state index contributed by atoms with van der Waals surface area (Å²) in [5.41, 5.74) is 0.389. The molecule has 0 heterocycles. The van der Waals surface area contributed by atoms with Gasteiger partial charge in [-0.05, 0) is 51.4 Å². The van der Waals surface area contributed by atoms with E-state index in [1.54, 1.807) is 4.90 Å².